The van der Waals surface area contributed by atoms with Crippen molar-refractivity contribution in [1.29, 1.82) is 5.26 Å². The van der Waals surface area contributed by atoms with E-state index in [0.29, 0.717) is 18.6 Å². The molecule has 0 spiro atoms. The normalized spacial score (nSPS) is 15.5. The first kappa shape index (κ1) is 22.3. The molecule has 0 N–H and O–H groups in total. The van der Waals surface area contributed by atoms with Crippen LogP contribution in [0.1, 0.15) is 73.0 Å². The van der Waals surface area contributed by atoms with E-state index in [-0.39, 0.29) is 18.4 Å². The van der Waals surface area contributed by atoms with Crippen LogP contribution in [0, 0.1) is 18.3 Å². The van der Waals surface area contributed by atoms with E-state index in [4.69, 9.17) is 4.74 Å². The third kappa shape index (κ3) is 4.67. The fourth-order valence-electron chi connectivity index (χ4n) is 4.62. The van der Waals surface area contributed by atoms with Gasteiger partial charge in [0.1, 0.15) is 12.6 Å². The minimum absolute atomic E-state index is 0.127. The van der Waals surface area contributed by atoms with Crippen LogP contribution < -0.4 is 0 Å². The lowest BCUT2D eigenvalue weighted by Crippen LogP contribution is -2.19. The molecule has 5 nitrogen and oxygen atoms in total. The molecule has 30 heavy (non-hydrogen) atoms. The van der Waals surface area contributed by atoms with Crippen molar-refractivity contribution >= 4 is 16.8 Å². The maximum absolute atomic E-state index is 12.3. The average Bonchev–Trinajstić information content (AvgIpc) is 3.00. The third-order valence-electron chi connectivity index (χ3n) is 6.04. The maximum Gasteiger partial charge on any atom is 0.325 e. The predicted molar refractivity (Wildman–Crippen MR) is 118 cm³/mol. The van der Waals surface area contributed by atoms with Gasteiger partial charge in [0.25, 0.3) is 0 Å². The topological polar surface area (TPSA) is 72.1 Å². The minimum Gasteiger partial charge on any atom is -0.465 e. The fourth-order valence-corrected chi connectivity index (χ4v) is 5.40. The number of aromatic nitrogens is 1. The first-order chi connectivity index (χ1) is 14.5. The van der Waals surface area contributed by atoms with Crippen molar-refractivity contribution in [2.24, 2.45) is 0 Å². The van der Waals surface area contributed by atoms with Crippen molar-refractivity contribution in [3.63, 3.8) is 0 Å². The Bertz CT molecular complexity index is 981. The van der Waals surface area contributed by atoms with Gasteiger partial charge in [0.2, 0.25) is 0 Å². The quantitative estimate of drug-likeness (QED) is 0.606. The monoisotopic (exact) mass is 426 g/mol. The van der Waals surface area contributed by atoms with Crippen LogP contribution in [-0.4, -0.2) is 27.6 Å². The number of carbonyl (C=O) groups is 1. The zero-order valence-corrected chi connectivity index (χ0v) is 18.9. The molecule has 160 valence electrons. The summed E-state index contributed by atoms with van der Waals surface area (Å²) in [6, 6.07) is 10.1. The molecule has 3 rings (SSSR count). The maximum atomic E-state index is 12.3. The Morgan fingerprint density at radius 3 is 2.60 bits per heavy atom. The molecule has 2 aromatic rings. The first-order valence-electron chi connectivity index (χ1n) is 10.7. The number of hydrogen-bond donors (Lipinski definition) is 0. The molecule has 0 aliphatic heterocycles. The van der Waals surface area contributed by atoms with E-state index in [1.807, 2.05) is 35.8 Å². The SMILES string of the molecule is CCOC(=O)Cn1c(C)c(Cc2ccccc2S(C)=O)c(C#N)c1C1CCCCC1. The van der Waals surface area contributed by atoms with Gasteiger partial charge in [-0.3, -0.25) is 9.00 Å². The Hall–Kier alpha value is -2.39. The van der Waals surface area contributed by atoms with Crippen LogP contribution in [0.25, 0.3) is 0 Å². The van der Waals surface area contributed by atoms with Gasteiger partial charge in [-0.2, -0.15) is 5.26 Å². The van der Waals surface area contributed by atoms with Crippen LogP contribution in [0.3, 0.4) is 0 Å². The molecular weight excluding hydrogens is 396 g/mol. The van der Waals surface area contributed by atoms with E-state index in [2.05, 4.69) is 6.07 Å². The number of ether oxygens (including phenoxy) is 1. The fraction of sp³-hybridized carbons (Fsp3) is 0.500. The summed E-state index contributed by atoms with van der Waals surface area (Å²) in [5.74, 6) is 0.00425. The zero-order chi connectivity index (χ0) is 21.7. The van der Waals surface area contributed by atoms with Crippen LogP contribution in [0.2, 0.25) is 0 Å². The Morgan fingerprint density at radius 2 is 1.97 bits per heavy atom. The van der Waals surface area contributed by atoms with Gasteiger partial charge in [0, 0.05) is 34.9 Å². The second-order valence-electron chi connectivity index (χ2n) is 7.90. The Kier molecular flexibility index (Phi) is 7.49. The number of carbonyl (C=O) groups excluding carboxylic acids is 1. The molecule has 0 amide bonds. The predicted octanol–water partition coefficient (Wildman–Crippen LogP) is 4.61. The Morgan fingerprint density at radius 1 is 1.27 bits per heavy atom. The van der Waals surface area contributed by atoms with Crippen molar-refractivity contribution in [2.75, 3.05) is 12.9 Å². The molecule has 1 aromatic heterocycles. The molecule has 1 aliphatic carbocycles. The molecule has 1 aliphatic rings. The largest absolute Gasteiger partial charge is 0.465 e. The average molecular weight is 427 g/mol. The lowest BCUT2D eigenvalue weighted by molar-refractivity contribution is -0.143. The summed E-state index contributed by atoms with van der Waals surface area (Å²) < 4.78 is 19.4. The smallest absolute Gasteiger partial charge is 0.325 e. The van der Waals surface area contributed by atoms with Gasteiger partial charge in [0.15, 0.2) is 0 Å². The zero-order valence-electron chi connectivity index (χ0n) is 18.1. The highest BCUT2D eigenvalue weighted by molar-refractivity contribution is 7.84. The van der Waals surface area contributed by atoms with Crippen LogP contribution in [0.4, 0.5) is 0 Å². The summed E-state index contributed by atoms with van der Waals surface area (Å²) >= 11 is 0. The summed E-state index contributed by atoms with van der Waals surface area (Å²) in [6.07, 6.45) is 7.79. The highest BCUT2D eigenvalue weighted by atomic mass is 32.2. The highest BCUT2D eigenvalue weighted by Gasteiger charge is 2.29. The van der Waals surface area contributed by atoms with Gasteiger partial charge in [-0.1, -0.05) is 37.5 Å². The van der Waals surface area contributed by atoms with E-state index >= 15 is 0 Å². The molecule has 0 saturated heterocycles. The Labute approximate surface area is 181 Å². The summed E-state index contributed by atoms with van der Waals surface area (Å²) in [6.45, 7) is 4.25. The molecule has 1 saturated carbocycles. The van der Waals surface area contributed by atoms with E-state index in [1.165, 1.54) is 6.42 Å². The third-order valence-corrected chi connectivity index (χ3v) is 7.05. The minimum atomic E-state index is -1.11. The standard InChI is InChI=1S/C24H30N2O3S/c1-4-29-23(27)16-26-17(2)20(14-19-12-8-9-13-22(19)30(3)28)21(15-25)24(26)18-10-6-5-7-11-18/h8-9,12-13,18H,4-7,10-11,14,16H2,1-3H3. The van der Waals surface area contributed by atoms with Crippen LogP contribution in [-0.2, 0) is 33.3 Å². The first-order valence-corrected chi connectivity index (χ1v) is 12.2. The molecule has 0 radical (unpaired) electrons. The molecule has 1 aromatic carbocycles. The summed E-state index contributed by atoms with van der Waals surface area (Å²) in [5.41, 5.74) is 4.48. The number of nitriles is 1. The van der Waals surface area contributed by atoms with Crippen LogP contribution >= 0.6 is 0 Å². The second-order valence-corrected chi connectivity index (χ2v) is 9.25. The van der Waals surface area contributed by atoms with E-state index < -0.39 is 10.8 Å². The van der Waals surface area contributed by atoms with Gasteiger partial charge in [-0.25, -0.2) is 0 Å². The second kappa shape index (κ2) is 10.1. The van der Waals surface area contributed by atoms with Crippen molar-refractivity contribution in [2.45, 2.75) is 69.7 Å². The van der Waals surface area contributed by atoms with E-state index in [9.17, 15) is 14.3 Å². The molecule has 1 heterocycles. The molecule has 1 fully saturated rings. The van der Waals surface area contributed by atoms with E-state index in [1.54, 1.807) is 13.2 Å². The van der Waals surface area contributed by atoms with Gasteiger partial charge in [0.05, 0.1) is 23.0 Å². The summed E-state index contributed by atoms with van der Waals surface area (Å²) in [7, 11) is -1.11. The van der Waals surface area contributed by atoms with Crippen molar-refractivity contribution in [3.8, 4) is 6.07 Å². The number of benzene rings is 1. The number of hydrogen-bond acceptors (Lipinski definition) is 4. The lowest BCUT2D eigenvalue weighted by atomic mass is 9.84. The van der Waals surface area contributed by atoms with Crippen LogP contribution in [0.5, 0.6) is 0 Å². The van der Waals surface area contributed by atoms with Crippen LogP contribution in [0.15, 0.2) is 29.2 Å². The van der Waals surface area contributed by atoms with Gasteiger partial charge >= 0.3 is 5.97 Å². The molecule has 6 heteroatoms. The van der Waals surface area contributed by atoms with E-state index in [0.717, 1.165) is 53.1 Å². The summed E-state index contributed by atoms with van der Waals surface area (Å²) in [5, 5.41) is 10.1. The number of rotatable bonds is 7. The van der Waals surface area contributed by atoms with Crippen molar-refractivity contribution < 1.29 is 13.7 Å². The molecule has 1 atom stereocenters. The van der Waals surface area contributed by atoms with Gasteiger partial charge in [-0.15, -0.1) is 0 Å². The number of nitrogens with zero attached hydrogens (tertiary/aromatic N) is 2. The highest BCUT2D eigenvalue weighted by Crippen LogP contribution is 2.38. The Balaban J connectivity index is 2.11. The molecule has 0 bridgehead atoms. The molecular formula is C24H30N2O3S. The van der Waals surface area contributed by atoms with Crippen molar-refractivity contribution in [3.05, 3.63) is 52.3 Å². The number of esters is 1. The van der Waals surface area contributed by atoms with Gasteiger partial charge in [-0.05, 0) is 43.9 Å². The van der Waals surface area contributed by atoms with Crippen molar-refractivity contribution in [1.82, 2.24) is 4.57 Å². The lowest BCUT2D eigenvalue weighted by Gasteiger charge is -2.24. The van der Waals surface area contributed by atoms with Gasteiger partial charge < -0.3 is 9.30 Å². The molecule has 1 unspecified atom stereocenters. The summed E-state index contributed by atoms with van der Waals surface area (Å²) in [4.78, 5) is 13.1.